The monoisotopic (exact) mass is 313 g/mol. The first-order chi connectivity index (χ1) is 10.4. The van der Waals surface area contributed by atoms with Gasteiger partial charge in [-0.15, -0.1) is 0 Å². The number of rotatable bonds is 5. The van der Waals surface area contributed by atoms with Crippen LogP contribution in [-0.4, -0.2) is 19.6 Å². The van der Waals surface area contributed by atoms with Crippen molar-refractivity contribution in [3.05, 3.63) is 59.5 Å². The standard InChI is InChI=1S/C15H14F3NO3/c1-21-9-12(19-14(20)13-6-3-7-22-13)10-4-2-5-11(8-10)15(16,17)18/h2-8,12H,9H2,1H3,(H,19,20)/t12-/m1/s1. The van der Waals surface area contributed by atoms with Gasteiger partial charge in [-0.1, -0.05) is 12.1 Å². The normalized spacial score (nSPS) is 12.9. The van der Waals surface area contributed by atoms with Crippen molar-refractivity contribution in [1.29, 1.82) is 0 Å². The van der Waals surface area contributed by atoms with Crippen molar-refractivity contribution in [2.45, 2.75) is 12.2 Å². The average molecular weight is 313 g/mol. The second-order valence-electron chi connectivity index (χ2n) is 4.58. The molecule has 0 aliphatic heterocycles. The van der Waals surface area contributed by atoms with Crippen LogP contribution >= 0.6 is 0 Å². The smallest absolute Gasteiger partial charge is 0.416 e. The minimum atomic E-state index is -4.45. The quantitative estimate of drug-likeness (QED) is 0.920. The number of carbonyl (C=O) groups is 1. The first-order valence-electron chi connectivity index (χ1n) is 6.42. The molecule has 0 spiro atoms. The molecule has 0 saturated heterocycles. The van der Waals surface area contributed by atoms with Crippen LogP contribution in [0.2, 0.25) is 0 Å². The van der Waals surface area contributed by atoms with Crippen LogP contribution in [0.5, 0.6) is 0 Å². The van der Waals surface area contributed by atoms with Gasteiger partial charge in [-0.2, -0.15) is 13.2 Å². The van der Waals surface area contributed by atoms with E-state index in [1.54, 1.807) is 6.07 Å². The molecule has 2 rings (SSSR count). The molecule has 1 aromatic heterocycles. The van der Waals surface area contributed by atoms with Crippen molar-refractivity contribution in [2.75, 3.05) is 13.7 Å². The van der Waals surface area contributed by atoms with Gasteiger partial charge < -0.3 is 14.5 Å². The molecule has 7 heteroatoms. The van der Waals surface area contributed by atoms with Gasteiger partial charge in [0.05, 0.1) is 24.5 Å². The minimum Gasteiger partial charge on any atom is -0.459 e. The van der Waals surface area contributed by atoms with Crippen LogP contribution in [-0.2, 0) is 10.9 Å². The predicted octanol–water partition coefficient (Wildman–Crippen LogP) is 3.42. The summed E-state index contributed by atoms with van der Waals surface area (Å²) in [6.45, 7) is 0.0355. The van der Waals surface area contributed by atoms with Crippen molar-refractivity contribution in [3.8, 4) is 0 Å². The van der Waals surface area contributed by atoms with E-state index < -0.39 is 23.7 Å². The van der Waals surface area contributed by atoms with Crippen LogP contribution in [0.1, 0.15) is 27.7 Å². The lowest BCUT2D eigenvalue weighted by atomic mass is 10.0. The number of alkyl halides is 3. The number of amides is 1. The molecule has 0 saturated carbocycles. The molecule has 4 nitrogen and oxygen atoms in total. The molecule has 1 aromatic carbocycles. The van der Waals surface area contributed by atoms with Gasteiger partial charge in [-0.25, -0.2) is 0 Å². The lowest BCUT2D eigenvalue weighted by Gasteiger charge is -2.19. The van der Waals surface area contributed by atoms with Crippen molar-refractivity contribution >= 4 is 5.91 Å². The van der Waals surface area contributed by atoms with E-state index in [1.165, 1.54) is 31.6 Å². The summed E-state index contributed by atoms with van der Waals surface area (Å²) in [6.07, 6.45) is -3.11. The number of carbonyl (C=O) groups excluding carboxylic acids is 1. The number of ether oxygens (including phenoxy) is 1. The molecule has 1 heterocycles. The van der Waals surface area contributed by atoms with Crippen molar-refractivity contribution in [2.24, 2.45) is 0 Å². The van der Waals surface area contributed by atoms with E-state index in [0.29, 0.717) is 5.56 Å². The second kappa shape index (κ2) is 6.65. The van der Waals surface area contributed by atoms with Crippen LogP contribution in [0.25, 0.3) is 0 Å². The Hall–Kier alpha value is -2.28. The Labute approximate surface area is 124 Å². The van der Waals surface area contributed by atoms with Crippen LogP contribution in [0, 0.1) is 0 Å². The van der Waals surface area contributed by atoms with Gasteiger partial charge >= 0.3 is 6.18 Å². The lowest BCUT2D eigenvalue weighted by Crippen LogP contribution is -2.31. The van der Waals surface area contributed by atoms with E-state index >= 15 is 0 Å². The van der Waals surface area contributed by atoms with Gasteiger partial charge in [-0.05, 0) is 29.8 Å². The lowest BCUT2D eigenvalue weighted by molar-refractivity contribution is -0.137. The molecular weight excluding hydrogens is 299 g/mol. The third kappa shape index (κ3) is 3.88. The topological polar surface area (TPSA) is 51.5 Å². The molecule has 0 radical (unpaired) electrons. The van der Waals surface area contributed by atoms with E-state index in [0.717, 1.165) is 12.1 Å². The van der Waals surface area contributed by atoms with Gasteiger partial charge in [0.1, 0.15) is 0 Å². The van der Waals surface area contributed by atoms with Crippen molar-refractivity contribution < 1.29 is 27.1 Å². The average Bonchev–Trinajstić information content (AvgIpc) is 3.00. The maximum absolute atomic E-state index is 12.8. The summed E-state index contributed by atoms with van der Waals surface area (Å²) in [7, 11) is 1.40. The van der Waals surface area contributed by atoms with E-state index in [4.69, 9.17) is 9.15 Å². The minimum absolute atomic E-state index is 0.0355. The Morgan fingerprint density at radius 3 is 2.68 bits per heavy atom. The number of methoxy groups -OCH3 is 1. The Balaban J connectivity index is 2.22. The fourth-order valence-corrected chi connectivity index (χ4v) is 1.96. The summed E-state index contributed by atoms with van der Waals surface area (Å²) in [4.78, 5) is 12.0. The van der Waals surface area contributed by atoms with E-state index in [-0.39, 0.29) is 12.4 Å². The maximum Gasteiger partial charge on any atom is 0.416 e. The first-order valence-corrected chi connectivity index (χ1v) is 6.42. The SMILES string of the molecule is COC[C@@H](NC(=O)c1ccco1)c1cccc(C(F)(F)F)c1. The highest BCUT2D eigenvalue weighted by atomic mass is 19.4. The number of furan rings is 1. The van der Waals surface area contributed by atoms with Gasteiger partial charge in [0, 0.05) is 7.11 Å². The fraction of sp³-hybridized carbons (Fsp3) is 0.267. The zero-order valence-electron chi connectivity index (χ0n) is 11.7. The third-order valence-electron chi connectivity index (χ3n) is 3.00. The number of nitrogens with one attached hydrogen (secondary N) is 1. The van der Waals surface area contributed by atoms with Crippen LogP contribution in [0.4, 0.5) is 13.2 Å². The number of halogens is 3. The number of hydrogen-bond donors (Lipinski definition) is 1. The summed E-state index contributed by atoms with van der Waals surface area (Å²) in [5.41, 5.74) is -0.477. The molecule has 1 atom stereocenters. The predicted molar refractivity (Wildman–Crippen MR) is 72.2 cm³/mol. The molecule has 2 aromatic rings. The van der Waals surface area contributed by atoms with Gasteiger partial charge in [0.2, 0.25) is 0 Å². The molecule has 0 aliphatic rings. The molecule has 118 valence electrons. The van der Waals surface area contributed by atoms with E-state index in [9.17, 15) is 18.0 Å². The number of benzene rings is 1. The Bertz CT molecular complexity index is 623. The molecule has 0 fully saturated rings. The van der Waals surface area contributed by atoms with Crippen molar-refractivity contribution in [3.63, 3.8) is 0 Å². The van der Waals surface area contributed by atoms with Crippen LogP contribution in [0.15, 0.2) is 47.1 Å². The highest BCUT2D eigenvalue weighted by molar-refractivity contribution is 5.91. The van der Waals surface area contributed by atoms with E-state index in [1.807, 2.05) is 0 Å². The van der Waals surface area contributed by atoms with Gasteiger partial charge in [-0.3, -0.25) is 4.79 Å². The molecule has 0 unspecified atom stereocenters. The summed E-state index contributed by atoms with van der Waals surface area (Å²) in [5, 5.41) is 2.59. The fourth-order valence-electron chi connectivity index (χ4n) is 1.96. The molecule has 0 aliphatic carbocycles. The largest absolute Gasteiger partial charge is 0.459 e. The zero-order chi connectivity index (χ0) is 16.2. The molecule has 0 bridgehead atoms. The maximum atomic E-state index is 12.8. The Kier molecular flexibility index (Phi) is 4.87. The molecule has 1 amide bonds. The number of hydrogen-bond acceptors (Lipinski definition) is 3. The summed E-state index contributed by atoms with van der Waals surface area (Å²) < 4.78 is 48.2. The zero-order valence-corrected chi connectivity index (χ0v) is 11.7. The highest BCUT2D eigenvalue weighted by Crippen LogP contribution is 2.30. The molecule has 1 N–H and O–H groups in total. The van der Waals surface area contributed by atoms with Gasteiger partial charge in [0.25, 0.3) is 5.91 Å². The van der Waals surface area contributed by atoms with Gasteiger partial charge in [0.15, 0.2) is 5.76 Å². The summed E-state index contributed by atoms with van der Waals surface area (Å²) >= 11 is 0. The van der Waals surface area contributed by atoms with E-state index in [2.05, 4.69) is 5.32 Å². The molecular formula is C15H14F3NO3. The second-order valence-corrected chi connectivity index (χ2v) is 4.58. The van der Waals surface area contributed by atoms with Crippen LogP contribution < -0.4 is 5.32 Å². The van der Waals surface area contributed by atoms with Crippen molar-refractivity contribution in [1.82, 2.24) is 5.32 Å². The first kappa shape index (κ1) is 16.1. The van der Waals surface area contributed by atoms with Crippen LogP contribution in [0.3, 0.4) is 0 Å². The molecule has 22 heavy (non-hydrogen) atoms. The third-order valence-corrected chi connectivity index (χ3v) is 3.00. The Morgan fingerprint density at radius 1 is 1.32 bits per heavy atom. The highest BCUT2D eigenvalue weighted by Gasteiger charge is 2.31. The summed E-state index contributed by atoms with van der Waals surface area (Å²) in [6, 6.07) is 7.05. The summed E-state index contributed by atoms with van der Waals surface area (Å²) in [5.74, 6) is -0.447. The Morgan fingerprint density at radius 2 is 2.09 bits per heavy atom.